The van der Waals surface area contributed by atoms with Crippen LogP contribution >= 0.6 is 0 Å². The van der Waals surface area contributed by atoms with Gasteiger partial charge in [-0.1, -0.05) is 19.8 Å². The monoisotopic (exact) mass is 266 g/mol. The molecule has 2 aliphatic rings. The first-order valence-corrected chi connectivity index (χ1v) is 8.72. The maximum Gasteiger partial charge on any atom is 0.00954 e. The molecule has 0 aromatic heterocycles. The zero-order valence-corrected chi connectivity index (χ0v) is 13.2. The Bertz CT molecular complexity index is 225. The van der Waals surface area contributed by atoms with Gasteiger partial charge in [0.1, 0.15) is 0 Å². The Kier molecular flexibility index (Phi) is 6.66. The van der Waals surface area contributed by atoms with Crippen molar-refractivity contribution >= 4 is 0 Å². The fourth-order valence-corrected chi connectivity index (χ4v) is 4.16. The first-order valence-electron chi connectivity index (χ1n) is 8.72. The van der Waals surface area contributed by atoms with Crippen LogP contribution in [0.3, 0.4) is 0 Å². The van der Waals surface area contributed by atoms with Crippen LogP contribution in [0.5, 0.6) is 0 Å². The molecule has 19 heavy (non-hydrogen) atoms. The summed E-state index contributed by atoms with van der Waals surface area (Å²) >= 11 is 0. The summed E-state index contributed by atoms with van der Waals surface area (Å²) in [7, 11) is 2.07. The summed E-state index contributed by atoms with van der Waals surface area (Å²) in [6.45, 7) is 6.28. The maximum absolute atomic E-state index is 3.29. The van der Waals surface area contributed by atoms with Gasteiger partial charge in [-0.25, -0.2) is 0 Å². The van der Waals surface area contributed by atoms with Gasteiger partial charge in [-0.2, -0.15) is 0 Å². The molecule has 0 atom stereocenters. The van der Waals surface area contributed by atoms with E-state index in [0.29, 0.717) is 0 Å². The van der Waals surface area contributed by atoms with Crippen LogP contribution in [0.4, 0.5) is 0 Å². The molecule has 1 saturated heterocycles. The summed E-state index contributed by atoms with van der Waals surface area (Å²) < 4.78 is 0. The van der Waals surface area contributed by atoms with Gasteiger partial charge >= 0.3 is 0 Å². The number of hydrogen-bond acceptors (Lipinski definition) is 2. The van der Waals surface area contributed by atoms with E-state index in [4.69, 9.17) is 0 Å². The topological polar surface area (TPSA) is 15.3 Å². The number of nitrogens with one attached hydrogen (secondary N) is 1. The molecule has 0 bridgehead atoms. The molecule has 0 radical (unpaired) electrons. The highest BCUT2D eigenvalue weighted by Gasteiger charge is 2.28. The molecule has 1 aliphatic carbocycles. The SMILES string of the molecule is CCCC1CCC(N2CCC(CCNC)CC2)CC1. The zero-order valence-electron chi connectivity index (χ0n) is 13.2. The van der Waals surface area contributed by atoms with Gasteiger partial charge in [-0.15, -0.1) is 0 Å². The Morgan fingerprint density at radius 1 is 0.895 bits per heavy atom. The lowest BCUT2D eigenvalue weighted by molar-refractivity contribution is 0.0911. The summed E-state index contributed by atoms with van der Waals surface area (Å²) in [6.07, 6.45) is 13.1. The van der Waals surface area contributed by atoms with Gasteiger partial charge in [-0.05, 0) is 83.5 Å². The van der Waals surface area contributed by atoms with Crippen LogP contribution in [-0.4, -0.2) is 37.6 Å². The lowest BCUT2D eigenvalue weighted by atomic mass is 9.82. The van der Waals surface area contributed by atoms with Crippen molar-refractivity contribution in [2.45, 2.75) is 70.8 Å². The number of piperidine rings is 1. The van der Waals surface area contributed by atoms with E-state index in [1.54, 1.807) is 0 Å². The molecule has 1 aliphatic heterocycles. The molecule has 2 nitrogen and oxygen atoms in total. The summed E-state index contributed by atoms with van der Waals surface area (Å²) in [6, 6.07) is 0.929. The van der Waals surface area contributed by atoms with Crippen LogP contribution in [0.1, 0.15) is 64.7 Å². The van der Waals surface area contributed by atoms with Gasteiger partial charge in [-0.3, -0.25) is 0 Å². The van der Waals surface area contributed by atoms with Gasteiger partial charge in [0.15, 0.2) is 0 Å². The van der Waals surface area contributed by atoms with E-state index in [1.165, 1.54) is 77.4 Å². The van der Waals surface area contributed by atoms with Crippen molar-refractivity contribution in [2.75, 3.05) is 26.7 Å². The van der Waals surface area contributed by atoms with E-state index < -0.39 is 0 Å². The fourth-order valence-electron chi connectivity index (χ4n) is 4.16. The Balaban J connectivity index is 1.65. The predicted octanol–water partition coefficient (Wildman–Crippen LogP) is 3.67. The van der Waals surface area contributed by atoms with Crippen molar-refractivity contribution < 1.29 is 0 Å². The number of hydrogen-bond donors (Lipinski definition) is 1. The fraction of sp³-hybridized carbons (Fsp3) is 1.00. The third kappa shape index (κ3) is 4.75. The normalized spacial score (nSPS) is 30.6. The lowest BCUT2D eigenvalue weighted by Gasteiger charge is -2.41. The summed E-state index contributed by atoms with van der Waals surface area (Å²) in [5.41, 5.74) is 0. The van der Waals surface area contributed by atoms with Crippen LogP contribution in [0.2, 0.25) is 0 Å². The standard InChI is InChI=1S/C17H34N2/c1-3-4-15-5-7-17(8-6-15)19-13-10-16(11-14-19)9-12-18-2/h15-18H,3-14H2,1-2H3. The average molecular weight is 266 g/mol. The van der Waals surface area contributed by atoms with Gasteiger partial charge in [0, 0.05) is 6.04 Å². The molecule has 0 amide bonds. The third-order valence-corrected chi connectivity index (χ3v) is 5.48. The Morgan fingerprint density at radius 2 is 1.53 bits per heavy atom. The van der Waals surface area contributed by atoms with E-state index in [0.717, 1.165) is 17.9 Å². The molecule has 1 saturated carbocycles. The lowest BCUT2D eigenvalue weighted by Crippen LogP contribution is -2.43. The van der Waals surface area contributed by atoms with Crippen molar-refractivity contribution in [3.8, 4) is 0 Å². The minimum atomic E-state index is 0.929. The summed E-state index contributed by atoms with van der Waals surface area (Å²) in [5, 5.41) is 3.29. The average Bonchev–Trinajstić information content (AvgIpc) is 2.47. The molecule has 0 spiro atoms. The molecule has 0 aromatic rings. The van der Waals surface area contributed by atoms with E-state index in [-0.39, 0.29) is 0 Å². The third-order valence-electron chi connectivity index (χ3n) is 5.48. The molecule has 2 fully saturated rings. The Labute approximate surface area is 120 Å². The van der Waals surface area contributed by atoms with Crippen molar-refractivity contribution in [1.29, 1.82) is 0 Å². The van der Waals surface area contributed by atoms with Crippen molar-refractivity contribution in [3.63, 3.8) is 0 Å². The second kappa shape index (κ2) is 8.26. The van der Waals surface area contributed by atoms with Gasteiger partial charge in [0.25, 0.3) is 0 Å². The highest BCUT2D eigenvalue weighted by atomic mass is 15.2. The van der Waals surface area contributed by atoms with E-state index in [9.17, 15) is 0 Å². The van der Waals surface area contributed by atoms with Crippen LogP contribution < -0.4 is 5.32 Å². The molecular weight excluding hydrogens is 232 g/mol. The van der Waals surface area contributed by atoms with Gasteiger partial charge in [0.05, 0.1) is 0 Å². The molecule has 1 N–H and O–H groups in total. The number of rotatable bonds is 6. The van der Waals surface area contributed by atoms with Crippen LogP contribution in [-0.2, 0) is 0 Å². The van der Waals surface area contributed by atoms with Crippen LogP contribution in [0.25, 0.3) is 0 Å². The molecule has 2 heteroatoms. The molecular formula is C17H34N2. The van der Waals surface area contributed by atoms with Gasteiger partial charge in [0.2, 0.25) is 0 Å². The highest BCUT2D eigenvalue weighted by molar-refractivity contribution is 4.83. The second-order valence-electron chi connectivity index (χ2n) is 6.83. The zero-order chi connectivity index (χ0) is 13.5. The van der Waals surface area contributed by atoms with Gasteiger partial charge < -0.3 is 10.2 Å². The minimum absolute atomic E-state index is 0.929. The van der Waals surface area contributed by atoms with Crippen molar-refractivity contribution in [3.05, 3.63) is 0 Å². The van der Waals surface area contributed by atoms with Crippen molar-refractivity contribution in [1.82, 2.24) is 10.2 Å². The Morgan fingerprint density at radius 3 is 2.11 bits per heavy atom. The number of likely N-dealkylation sites (tertiary alicyclic amines) is 1. The first kappa shape index (κ1) is 15.3. The minimum Gasteiger partial charge on any atom is -0.320 e. The number of nitrogens with zero attached hydrogens (tertiary/aromatic N) is 1. The molecule has 2 rings (SSSR count). The molecule has 1 heterocycles. The second-order valence-corrected chi connectivity index (χ2v) is 6.83. The largest absolute Gasteiger partial charge is 0.320 e. The predicted molar refractivity (Wildman–Crippen MR) is 83.5 cm³/mol. The molecule has 112 valence electrons. The maximum atomic E-state index is 3.29. The summed E-state index contributed by atoms with van der Waals surface area (Å²) in [5.74, 6) is 2.04. The van der Waals surface area contributed by atoms with E-state index >= 15 is 0 Å². The van der Waals surface area contributed by atoms with Crippen molar-refractivity contribution in [2.24, 2.45) is 11.8 Å². The highest BCUT2D eigenvalue weighted by Crippen LogP contribution is 2.32. The van der Waals surface area contributed by atoms with E-state index in [2.05, 4.69) is 24.2 Å². The quantitative estimate of drug-likeness (QED) is 0.789. The summed E-state index contributed by atoms with van der Waals surface area (Å²) in [4.78, 5) is 2.82. The first-order chi connectivity index (χ1) is 9.33. The van der Waals surface area contributed by atoms with Crippen LogP contribution in [0, 0.1) is 11.8 Å². The molecule has 0 unspecified atom stereocenters. The van der Waals surface area contributed by atoms with Crippen LogP contribution in [0.15, 0.2) is 0 Å². The van der Waals surface area contributed by atoms with E-state index in [1.807, 2.05) is 0 Å². The Hall–Kier alpha value is -0.0800. The molecule has 0 aromatic carbocycles. The smallest absolute Gasteiger partial charge is 0.00954 e.